The lowest BCUT2D eigenvalue weighted by molar-refractivity contribution is 0.112. The predicted octanol–water partition coefficient (Wildman–Crippen LogP) is 6.01. The van der Waals surface area contributed by atoms with Gasteiger partial charge in [0, 0.05) is 36.5 Å². The molecule has 176 valence electrons. The van der Waals surface area contributed by atoms with Gasteiger partial charge in [0.2, 0.25) is 0 Å². The van der Waals surface area contributed by atoms with E-state index >= 15 is 0 Å². The molecule has 0 aliphatic carbocycles. The van der Waals surface area contributed by atoms with Gasteiger partial charge < -0.3 is 9.80 Å². The third-order valence-electron chi connectivity index (χ3n) is 5.42. The standard InChI is InChI=1S/C23H25N3OS.C4H11N/c1-5-26(4)15-24-21-11-16(2)20(10-17(21)3)12-23-25-22(14-28-23)19-8-6-18(13-27)7-9-19;1-4-5(2)3/h6-11,13-15H,5,12H2,1-4H3;4H2,1-3H3. The smallest absolute Gasteiger partial charge is 0.150 e. The summed E-state index contributed by atoms with van der Waals surface area (Å²) in [6, 6.07) is 11.9. The van der Waals surface area contributed by atoms with Gasteiger partial charge in [0.05, 0.1) is 22.7 Å². The molecule has 1 heterocycles. The summed E-state index contributed by atoms with van der Waals surface area (Å²) in [5.41, 5.74) is 7.35. The van der Waals surface area contributed by atoms with Crippen molar-refractivity contribution in [3.8, 4) is 11.3 Å². The van der Waals surface area contributed by atoms with Gasteiger partial charge in [-0.2, -0.15) is 0 Å². The Labute approximate surface area is 202 Å². The van der Waals surface area contributed by atoms with Crippen LogP contribution in [0.5, 0.6) is 0 Å². The fourth-order valence-electron chi connectivity index (χ4n) is 2.85. The molecule has 3 aromatic rings. The molecular weight excluding hydrogens is 428 g/mol. The van der Waals surface area contributed by atoms with Crippen molar-refractivity contribution in [2.75, 3.05) is 34.2 Å². The molecule has 1 aromatic heterocycles. The Morgan fingerprint density at radius 2 is 1.67 bits per heavy atom. The minimum atomic E-state index is 0.679. The Morgan fingerprint density at radius 1 is 1.00 bits per heavy atom. The molecule has 0 atom stereocenters. The minimum Gasteiger partial charge on any atom is -0.366 e. The zero-order valence-corrected chi connectivity index (χ0v) is 21.7. The molecule has 0 saturated heterocycles. The average molecular weight is 465 g/mol. The van der Waals surface area contributed by atoms with Crippen molar-refractivity contribution in [2.24, 2.45) is 4.99 Å². The van der Waals surface area contributed by atoms with Crippen LogP contribution in [0.15, 0.2) is 46.8 Å². The predicted molar refractivity (Wildman–Crippen MR) is 142 cm³/mol. The molecule has 0 aliphatic rings. The lowest BCUT2D eigenvalue weighted by Crippen LogP contribution is -2.14. The number of carbonyl (C=O) groups excluding carboxylic acids is 1. The number of aliphatic imine (C=N–C) groups is 1. The Morgan fingerprint density at radius 3 is 2.24 bits per heavy atom. The van der Waals surface area contributed by atoms with Crippen LogP contribution in [-0.4, -0.2) is 61.6 Å². The van der Waals surface area contributed by atoms with Crippen LogP contribution in [0.3, 0.4) is 0 Å². The summed E-state index contributed by atoms with van der Waals surface area (Å²) in [5, 5.41) is 3.16. The van der Waals surface area contributed by atoms with Gasteiger partial charge >= 0.3 is 0 Å². The molecule has 33 heavy (non-hydrogen) atoms. The molecule has 0 radical (unpaired) electrons. The highest BCUT2D eigenvalue weighted by molar-refractivity contribution is 7.10. The molecule has 0 unspecified atom stereocenters. The molecule has 0 bridgehead atoms. The number of aldehydes is 1. The second-order valence-corrected chi connectivity index (χ2v) is 9.26. The van der Waals surface area contributed by atoms with Gasteiger partial charge in [-0.15, -0.1) is 11.3 Å². The zero-order chi connectivity index (χ0) is 24.4. The van der Waals surface area contributed by atoms with E-state index in [-0.39, 0.29) is 0 Å². The number of hydrogen-bond acceptors (Lipinski definition) is 5. The number of hydrogen-bond donors (Lipinski definition) is 0. The second kappa shape index (κ2) is 13.0. The molecule has 0 amide bonds. The van der Waals surface area contributed by atoms with Crippen LogP contribution in [-0.2, 0) is 6.42 Å². The fourth-order valence-corrected chi connectivity index (χ4v) is 3.68. The van der Waals surface area contributed by atoms with Crippen molar-refractivity contribution in [3.05, 3.63) is 69.0 Å². The van der Waals surface area contributed by atoms with Crippen molar-refractivity contribution in [2.45, 2.75) is 34.1 Å². The van der Waals surface area contributed by atoms with Crippen molar-refractivity contribution in [1.82, 2.24) is 14.8 Å². The van der Waals surface area contributed by atoms with Crippen LogP contribution in [0.4, 0.5) is 5.69 Å². The maximum atomic E-state index is 10.8. The summed E-state index contributed by atoms with van der Waals surface area (Å²) in [6.07, 6.45) is 3.54. The van der Waals surface area contributed by atoms with Gasteiger partial charge in [0.15, 0.2) is 0 Å². The van der Waals surface area contributed by atoms with Crippen LogP contribution < -0.4 is 0 Å². The van der Waals surface area contributed by atoms with E-state index in [0.29, 0.717) is 5.56 Å². The van der Waals surface area contributed by atoms with E-state index < -0.39 is 0 Å². The number of thiazole rings is 1. The number of nitrogens with zero attached hydrogens (tertiary/aromatic N) is 4. The maximum Gasteiger partial charge on any atom is 0.150 e. The van der Waals surface area contributed by atoms with Crippen LogP contribution >= 0.6 is 11.3 Å². The van der Waals surface area contributed by atoms with Gasteiger partial charge in [-0.3, -0.25) is 4.79 Å². The number of benzene rings is 2. The van der Waals surface area contributed by atoms with Crippen LogP contribution in [0.25, 0.3) is 11.3 Å². The van der Waals surface area contributed by atoms with E-state index in [4.69, 9.17) is 4.98 Å². The molecule has 0 saturated carbocycles. The Kier molecular flexibility index (Phi) is 10.4. The first-order valence-electron chi connectivity index (χ1n) is 11.3. The molecule has 0 N–H and O–H groups in total. The van der Waals surface area contributed by atoms with E-state index in [1.54, 1.807) is 11.3 Å². The van der Waals surface area contributed by atoms with Gasteiger partial charge in [-0.05, 0) is 64.2 Å². The van der Waals surface area contributed by atoms with Crippen molar-refractivity contribution in [1.29, 1.82) is 0 Å². The number of aryl methyl sites for hydroxylation is 2. The van der Waals surface area contributed by atoms with E-state index in [0.717, 1.165) is 47.7 Å². The highest BCUT2D eigenvalue weighted by atomic mass is 32.1. The molecule has 5 nitrogen and oxygen atoms in total. The normalized spacial score (nSPS) is 10.9. The highest BCUT2D eigenvalue weighted by Gasteiger charge is 2.09. The number of aromatic nitrogens is 1. The summed E-state index contributed by atoms with van der Waals surface area (Å²) in [7, 11) is 6.13. The lowest BCUT2D eigenvalue weighted by Gasteiger charge is -2.11. The largest absolute Gasteiger partial charge is 0.366 e. The lowest BCUT2D eigenvalue weighted by atomic mass is 10.0. The Balaban J connectivity index is 0.000000696. The monoisotopic (exact) mass is 464 g/mol. The molecule has 2 aromatic carbocycles. The average Bonchev–Trinajstić information content (AvgIpc) is 3.29. The molecular formula is C27H36N4OS. The molecule has 6 heteroatoms. The summed E-state index contributed by atoms with van der Waals surface area (Å²) in [4.78, 5) is 24.4. The SMILES string of the molecule is CCN(C)C.CCN(C)C=Nc1cc(C)c(Cc2nc(-c3ccc(C=O)cc3)cs2)cc1C. The molecule has 0 spiro atoms. The van der Waals surface area contributed by atoms with Gasteiger partial charge in [0.25, 0.3) is 0 Å². The van der Waals surface area contributed by atoms with Crippen molar-refractivity contribution >= 4 is 29.6 Å². The molecule has 0 aliphatic heterocycles. The summed E-state index contributed by atoms with van der Waals surface area (Å²) >= 11 is 1.67. The molecule has 3 rings (SSSR count). The molecule has 0 fully saturated rings. The van der Waals surface area contributed by atoms with E-state index in [9.17, 15) is 4.79 Å². The van der Waals surface area contributed by atoms with Crippen LogP contribution in [0.1, 0.15) is 45.9 Å². The fraction of sp³-hybridized carbons (Fsp3) is 0.370. The number of rotatable bonds is 8. The van der Waals surface area contributed by atoms with Crippen LogP contribution in [0, 0.1) is 13.8 Å². The first kappa shape index (κ1) is 26.4. The summed E-state index contributed by atoms with van der Waals surface area (Å²) in [6.45, 7) is 10.5. The quantitative estimate of drug-likeness (QED) is 0.233. The van der Waals surface area contributed by atoms with E-state index in [1.165, 1.54) is 16.7 Å². The summed E-state index contributed by atoms with van der Waals surface area (Å²) in [5.74, 6) is 0. The Bertz CT molecular complexity index is 1050. The number of carbonyl (C=O) groups is 1. The third kappa shape index (κ3) is 8.22. The van der Waals surface area contributed by atoms with Crippen molar-refractivity contribution in [3.63, 3.8) is 0 Å². The zero-order valence-electron chi connectivity index (χ0n) is 20.9. The highest BCUT2D eigenvalue weighted by Crippen LogP contribution is 2.28. The van der Waals surface area contributed by atoms with E-state index in [1.807, 2.05) is 37.7 Å². The first-order chi connectivity index (χ1) is 15.8. The van der Waals surface area contributed by atoms with Crippen molar-refractivity contribution < 1.29 is 4.79 Å². The van der Waals surface area contributed by atoms with Gasteiger partial charge in [-0.25, -0.2) is 9.98 Å². The minimum absolute atomic E-state index is 0.679. The summed E-state index contributed by atoms with van der Waals surface area (Å²) < 4.78 is 0. The second-order valence-electron chi connectivity index (χ2n) is 8.32. The van der Waals surface area contributed by atoms with Gasteiger partial charge in [0.1, 0.15) is 6.29 Å². The van der Waals surface area contributed by atoms with Gasteiger partial charge in [-0.1, -0.05) is 37.3 Å². The first-order valence-corrected chi connectivity index (χ1v) is 12.1. The van der Waals surface area contributed by atoms with E-state index in [2.05, 4.69) is 74.1 Å². The maximum absolute atomic E-state index is 10.8. The Hall–Kier alpha value is -2.83. The van der Waals surface area contributed by atoms with Crippen LogP contribution in [0.2, 0.25) is 0 Å². The topological polar surface area (TPSA) is 48.8 Å². The third-order valence-corrected chi connectivity index (χ3v) is 6.26.